The number of nitrogens with zero attached hydrogens (tertiary/aromatic N) is 1. The number of rotatable bonds is 11. The number of carbonyl (C=O) groups is 2. The molecule has 0 fully saturated rings. The van der Waals surface area contributed by atoms with Crippen LogP contribution in [-0.2, 0) is 0 Å². The normalized spacial score (nSPS) is 11.6. The molecule has 0 unspecified atom stereocenters. The van der Waals surface area contributed by atoms with Gasteiger partial charge in [0.1, 0.15) is 0 Å². The third-order valence-electron chi connectivity index (χ3n) is 5.35. The van der Waals surface area contributed by atoms with Gasteiger partial charge in [0.05, 0.1) is 5.54 Å². The standard InChI is InChI=1S/C25H33NO2/c1-5-7-18-26(19-8-6-2)25(3,4)24(28)22-16-14-21(15-17-22)23(27)20-12-10-9-11-13-20/h9-17H,5-8,18-19H2,1-4H3. The second-order valence-electron chi connectivity index (χ2n) is 7.85. The molecule has 2 aromatic carbocycles. The Bertz CT molecular complexity index is 755. The highest BCUT2D eigenvalue weighted by Crippen LogP contribution is 2.23. The number of Topliss-reactive ketones (excluding diaryl/α,β-unsaturated/α-hetero) is 1. The van der Waals surface area contributed by atoms with Crippen molar-refractivity contribution in [1.29, 1.82) is 0 Å². The average Bonchev–Trinajstić information content (AvgIpc) is 2.73. The van der Waals surface area contributed by atoms with Crippen molar-refractivity contribution < 1.29 is 9.59 Å². The topological polar surface area (TPSA) is 37.4 Å². The second kappa shape index (κ2) is 10.3. The quantitative estimate of drug-likeness (QED) is 0.464. The van der Waals surface area contributed by atoms with Crippen LogP contribution in [0, 0.1) is 0 Å². The minimum Gasteiger partial charge on any atom is -0.292 e. The summed E-state index contributed by atoms with van der Waals surface area (Å²) in [6.45, 7) is 10.2. The number of carbonyl (C=O) groups excluding carboxylic acids is 2. The van der Waals surface area contributed by atoms with Gasteiger partial charge in [0.2, 0.25) is 0 Å². The van der Waals surface area contributed by atoms with Crippen molar-refractivity contribution in [2.24, 2.45) is 0 Å². The maximum atomic E-state index is 13.3. The van der Waals surface area contributed by atoms with Crippen LogP contribution in [0.3, 0.4) is 0 Å². The van der Waals surface area contributed by atoms with Crippen LogP contribution in [0.1, 0.15) is 79.7 Å². The van der Waals surface area contributed by atoms with Gasteiger partial charge >= 0.3 is 0 Å². The highest BCUT2D eigenvalue weighted by Gasteiger charge is 2.34. The molecule has 0 aliphatic carbocycles. The van der Waals surface area contributed by atoms with Gasteiger partial charge in [-0.05, 0) is 39.8 Å². The van der Waals surface area contributed by atoms with Gasteiger partial charge in [-0.2, -0.15) is 0 Å². The highest BCUT2D eigenvalue weighted by molar-refractivity contribution is 6.10. The van der Waals surface area contributed by atoms with Crippen molar-refractivity contribution in [2.75, 3.05) is 13.1 Å². The van der Waals surface area contributed by atoms with Gasteiger partial charge in [0.25, 0.3) is 0 Å². The van der Waals surface area contributed by atoms with Crippen molar-refractivity contribution in [1.82, 2.24) is 4.90 Å². The van der Waals surface area contributed by atoms with Gasteiger partial charge in [0, 0.05) is 16.7 Å². The maximum Gasteiger partial charge on any atom is 0.193 e. The average molecular weight is 380 g/mol. The van der Waals surface area contributed by atoms with E-state index < -0.39 is 5.54 Å². The molecular weight excluding hydrogens is 346 g/mol. The van der Waals surface area contributed by atoms with Gasteiger partial charge < -0.3 is 0 Å². The summed E-state index contributed by atoms with van der Waals surface area (Å²) in [4.78, 5) is 28.1. The fourth-order valence-electron chi connectivity index (χ4n) is 3.39. The minimum absolute atomic E-state index is 0.0219. The van der Waals surface area contributed by atoms with Gasteiger partial charge in [-0.15, -0.1) is 0 Å². The van der Waals surface area contributed by atoms with Crippen LogP contribution < -0.4 is 0 Å². The summed E-state index contributed by atoms with van der Waals surface area (Å²) < 4.78 is 0. The Labute approximate surface area is 169 Å². The summed E-state index contributed by atoms with van der Waals surface area (Å²) in [7, 11) is 0. The van der Waals surface area contributed by atoms with E-state index in [4.69, 9.17) is 0 Å². The minimum atomic E-state index is -0.560. The monoisotopic (exact) mass is 379 g/mol. The summed E-state index contributed by atoms with van der Waals surface area (Å²) in [6.07, 6.45) is 4.41. The van der Waals surface area contributed by atoms with Crippen molar-refractivity contribution in [2.45, 2.75) is 58.9 Å². The summed E-state index contributed by atoms with van der Waals surface area (Å²) in [5.74, 6) is 0.0878. The predicted octanol–water partition coefficient (Wildman–Crippen LogP) is 5.78. The lowest BCUT2D eigenvalue weighted by molar-refractivity contribution is 0.0630. The lowest BCUT2D eigenvalue weighted by Gasteiger charge is -2.37. The summed E-state index contributed by atoms with van der Waals surface area (Å²) in [6, 6.07) is 16.3. The molecule has 0 heterocycles. The largest absolute Gasteiger partial charge is 0.292 e. The number of hydrogen-bond acceptors (Lipinski definition) is 3. The van der Waals surface area contributed by atoms with Crippen molar-refractivity contribution in [3.63, 3.8) is 0 Å². The third kappa shape index (κ3) is 5.39. The molecule has 0 aliphatic rings. The summed E-state index contributed by atoms with van der Waals surface area (Å²) in [5, 5.41) is 0. The molecule has 3 nitrogen and oxygen atoms in total. The molecule has 2 aromatic rings. The van der Waals surface area contributed by atoms with Crippen LogP contribution in [0.25, 0.3) is 0 Å². The molecule has 0 spiro atoms. The fraction of sp³-hybridized carbons (Fsp3) is 0.440. The molecular formula is C25H33NO2. The van der Waals surface area contributed by atoms with Crippen LogP contribution in [0.4, 0.5) is 0 Å². The SMILES string of the molecule is CCCCN(CCCC)C(C)(C)C(=O)c1ccc(C(=O)c2ccccc2)cc1. The van der Waals surface area contributed by atoms with Gasteiger partial charge in [-0.25, -0.2) is 0 Å². The first-order valence-corrected chi connectivity index (χ1v) is 10.4. The van der Waals surface area contributed by atoms with E-state index in [2.05, 4.69) is 18.7 Å². The molecule has 28 heavy (non-hydrogen) atoms. The first-order chi connectivity index (χ1) is 13.4. The van der Waals surface area contributed by atoms with Crippen molar-refractivity contribution in [3.8, 4) is 0 Å². The van der Waals surface area contributed by atoms with Gasteiger partial charge in [-0.3, -0.25) is 14.5 Å². The van der Waals surface area contributed by atoms with E-state index in [1.54, 1.807) is 24.3 Å². The number of unbranched alkanes of at least 4 members (excludes halogenated alkanes) is 2. The Hall–Kier alpha value is -2.26. The van der Waals surface area contributed by atoms with E-state index in [1.807, 2.05) is 44.2 Å². The van der Waals surface area contributed by atoms with Crippen LogP contribution in [-0.4, -0.2) is 35.1 Å². The van der Waals surface area contributed by atoms with E-state index in [9.17, 15) is 9.59 Å². The smallest absolute Gasteiger partial charge is 0.193 e. The molecule has 0 aliphatic heterocycles. The maximum absolute atomic E-state index is 13.3. The Morgan fingerprint density at radius 1 is 0.750 bits per heavy atom. The molecule has 0 saturated carbocycles. The Balaban J connectivity index is 2.18. The fourth-order valence-corrected chi connectivity index (χ4v) is 3.39. The molecule has 0 aromatic heterocycles. The summed E-state index contributed by atoms with van der Waals surface area (Å²) in [5.41, 5.74) is 1.36. The third-order valence-corrected chi connectivity index (χ3v) is 5.35. The predicted molar refractivity (Wildman–Crippen MR) is 116 cm³/mol. The molecule has 0 atom stereocenters. The molecule has 0 saturated heterocycles. The molecule has 3 heteroatoms. The van der Waals surface area contributed by atoms with E-state index >= 15 is 0 Å². The Kier molecular flexibility index (Phi) is 8.13. The van der Waals surface area contributed by atoms with Gasteiger partial charge in [0.15, 0.2) is 11.6 Å². The molecule has 150 valence electrons. The van der Waals surface area contributed by atoms with Crippen molar-refractivity contribution >= 4 is 11.6 Å². The van der Waals surface area contributed by atoms with Crippen LogP contribution >= 0.6 is 0 Å². The van der Waals surface area contributed by atoms with E-state index in [-0.39, 0.29) is 11.6 Å². The zero-order valence-corrected chi connectivity index (χ0v) is 17.7. The number of benzene rings is 2. The first kappa shape index (κ1) is 22.0. The Morgan fingerprint density at radius 2 is 1.21 bits per heavy atom. The molecule has 2 rings (SSSR count). The van der Waals surface area contributed by atoms with E-state index in [1.165, 1.54) is 0 Å². The first-order valence-electron chi connectivity index (χ1n) is 10.4. The highest BCUT2D eigenvalue weighted by atomic mass is 16.1. The second-order valence-corrected chi connectivity index (χ2v) is 7.85. The van der Waals surface area contributed by atoms with E-state index in [0.717, 1.165) is 38.8 Å². The van der Waals surface area contributed by atoms with Crippen molar-refractivity contribution in [3.05, 3.63) is 71.3 Å². The number of hydrogen-bond donors (Lipinski definition) is 0. The summed E-state index contributed by atoms with van der Waals surface area (Å²) >= 11 is 0. The Morgan fingerprint density at radius 3 is 1.71 bits per heavy atom. The van der Waals surface area contributed by atoms with E-state index in [0.29, 0.717) is 16.7 Å². The number of ketones is 2. The van der Waals surface area contributed by atoms with Crippen LogP contribution in [0.15, 0.2) is 54.6 Å². The molecule has 0 radical (unpaired) electrons. The van der Waals surface area contributed by atoms with Crippen LogP contribution in [0.2, 0.25) is 0 Å². The zero-order valence-electron chi connectivity index (χ0n) is 17.7. The molecule has 0 N–H and O–H groups in total. The lowest BCUT2D eigenvalue weighted by atomic mass is 9.89. The lowest BCUT2D eigenvalue weighted by Crippen LogP contribution is -2.51. The zero-order chi connectivity index (χ0) is 20.6. The molecule has 0 bridgehead atoms. The van der Waals surface area contributed by atoms with Crippen LogP contribution in [0.5, 0.6) is 0 Å². The van der Waals surface area contributed by atoms with Gasteiger partial charge in [-0.1, -0.05) is 81.3 Å². The molecule has 0 amide bonds.